The van der Waals surface area contributed by atoms with E-state index in [-0.39, 0.29) is 11.7 Å². The molecule has 1 heterocycles. The van der Waals surface area contributed by atoms with E-state index in [9.17, 15) is 13.2 Å². The molecule has 2 rings (SSSR count). The number of aromatic nitrogens is 1. The van der Waals surface area contributed by atoms with Crippen molar-refractivity contribution in [2.75, 3.05) is 31.2 Å². The van der Waals surface area contributed by atoms with Crippen molar-refractivity contribution in [3.05, 3.63) is 54.4 Å². The fourth-order valence-corrected chi connectivity index (χ4v) is 4.01. The molecular weight excluding hydrogens is 366 g/mol. The molecule has 2 aromatic rings. The first-order valence-electron chi connectivity index (χ1n) is 8.59. The Morgan fingerprint density at radius 3 is 2.63 bits per heavy atom. The Balaban J connectivity index is 1.91. The number of hydrogen-bond acceptors (Lipinski definition) is 5. The molecule has 0 bridgehead atoms. The van der Waals surface area contributed by atoms with Gasteiger partial charge in [-0.1, -0.05) is 13.0 Å². The van der Waals surface area contributed by atoms with E-state index < -0.39 is 15.9 Å². The molecule has 0 spiro atoms. The minimum atomic E-state index is -3.67. The molecule has 0 aliphatic carbocycles. The third-order valence-corrected chi connectivity index (χ3v) is 5.58. The fraction of sp³-hybridized carbons (Fsp3) is 0.368. The third-order valence-electron chi connectivity index (χ3n) is 4.10. The van der Waals surface area contributed by atoms with Crippen LogP contribution >= 0.6 is 0 Å². The van der Waals surface area contributed by atoms with Crippen LogP contribution in [0.2, 0.25) is 0 Å². The van der Waals surface area contributed by atoms with Crippen molar-refractivity contribution in [3.8, 4) is 5.75 Å². The Bertz CT molecular complexity index is 856. The third kappa shape index (κ3) is 6.56. The number of amides is 1. The number of methoxy groups -OCH3 is 1. The van der Waals surface area contributed by atoms with Gasteiger partial charge in [0.05, 0.1) is 24.5 Å². The smallest absolute Gasteiger partial charge is 0.233 e. The normalized spacial score (nSPS) is 12.3. The molecule has 1 N–H and O–H groups in total. The van der Waals surface area contributed by atoms with Crippen LogP contribution in [0, 0.1) is 5.92 Å². The van der Waals surface area contributed by atoms with Crippen LogP contribution < -0.4 is 9.46 Å². The number of carbonyl (C=O) groups is 1. The van der Waals surface area contributed by atoms with Crippen molar-refractivity contribution in [2.45, 2.75) is 13.3 Å². The molecule has 0 aliphatic rings. The van der Waals surface area contributed by atoms with Gasteiger partial charge < -0.3 is 9.64 Å². The summed E-state index contributed by atoms with van der Waals surface area (Å²) in [6, 6.07) is 10.4. The van der Waals surface area contributed by atoms with Gasteiger partial charge in [-0.2, -0.15) is 0 Å². The summed E-state index contributed by atoms with van der Waals surface area (Å²) in [5.74, 6) is -0.603. The van der Waals surface area contributed by atoms with Gasteiger partial charge in [-0.15, -0.1) is 0 Å². The molecule has 146 valence electrons. The first-order chi connectivity index (χ1) is 12.8. The van der Waals surface area contributed by atoms with Crippen molar-refractivity contribution in [1.82, 2.24) is 9.88 Å². The van der Waals surface area contributed by atoms with Crippen LogP contribution in [0.3, 0.4) is 0 Å². The Labute approximate surface area is 160 Å². The lowest BCUT2D eigenvalue weighted by Gasteiger charge is -2.21. The number of rotatable bonds is 9. The molecule has 0 radical (unpaired) electrons. The largest absolute Gasteiger partial charge is 0.497 e. The van der Waals surface area contributed by atoms with E-state index in [4.69, 9.17) is 4.74 Å². The number of nitrogens with zero attached hydrogens (tertiary/aromatic N) is 2. The van der Waals surface area contributed by atoms with E-state index in [1.54, 1.807) is 55.5 Å². The van der Waals surface area contributed by atoms with Gasteiger partial charge in [0, 0.05) is 32.1 Å². The number of sulfonamides is 1. The van der Waals surface area contributed by atoms with Crippen LogP contribution in [0.1, 0.15) is 12.5 Å². The lowest BCUT2D eigenvalue weighted by Crippen LogP contribution is -2.37. The maximum absolute atomic E-state index is 12.5. The highest BCUT2D eigenvalue weighted by Gasteiger charge is 2.24. The molecule has 1 amide bonds. The maximum Gasteiger partial charge on any atom is 0.233 e. The second-order valence-electron chi connectivity index (χ2n) is 6.38. The predicted octanol–water partition coefficient (Wildman–Crippen LogP) is 2.17. The number of carbonyl (C=O) groups excluding carboxylic acids is 1. The van der Waals surface area contributed by atoms with Crippen LogP contribution in [0.15, 0.2) is 48.8 Å². The summed E-state index contributed by atoms with van der Waals surface area (Å²) in [5.41, 5.74) is 1.48. The number of ether oxygens (including phenoxy) is 1. The number of hydrogen-bond donors (Lipinski definition) is 1. The Kier molecular flexibility index (Phi) is 7.18. The summed E-state index contributed by atoms with van der Waals surface area (Å²) < 4.78 is 32.3. The molecule has 1 aromatic carbocycles. The molecule has 1 aromatic heterocycles. The second-order valence-corrected chi connectivity index (χ2v) is 8.15. The van der Waals surface area contributed by atoms with Crippen LogP contribution in [0.4, 0.5) is 5.69 Å². The van der Waals surface area contributed by atoms with Crippen LogP contribution in [0.5, 0.6) is 5.75 Å². The van der Waals surface area contributed by atoms with E-state index in [2.05, 4.69) is 9.71 Å². The van der Waals surface area contributed by atoms with Gasteiger partial charge in [-0.25, -0.2) is 8.42 Å². The standard InChI is InChI=1S/C19H25N3O4S/c1-15(19(23)22(2)12-9-16-7-10-20-11-8-16)14-27(24,25)21-17-5-4-6-18(13-17)26-3/h4-8,10-11,13,15,21H,9,12,14H2,1-3H3. The topological polar surface area (TPSA) is 88.6 Å². The molecule has 1 unspecified atom stereocenters. The molecule has 0 saturated heterocycles. The number of anilines is 1. The first-order valence-corrected chi connectivity index (χ1v) is 10.2. The monoisotopic (exact) mass is 391 g/mol. The molecule has 1 atom stereocenters. The number of nitrogens with one attached hydrogen (secondary N) is 1. The van der Waals surface area contributed by atoms with E-state index >= 15 is 0 Å². The van der Waals surface area contributed by atoms with Gasteiger partial charge in [-0.3, -0.25) is 14.5 Å². The summed E-state index contributed by atoms with van der Waals surface area (Å²) in [7, 11) is -0.473. The van der Waals surface area contributed by atoms with Gasteiger partial charge in [0.15, 0.2) is 0 Å². The Morgan fingerprint density at radius 2 is 1.96 bits per heavy atom. The maximum atomic E-state index is 12.5. The summed E-state index contributed by atoms with van der Waals surface area (Å²) in [6.45, 7) is 2.13. The average Bonchev–Trinajstić information content (AvgIpc) is 2.65. The van der Waals surface area contributed by atoms with E-state index in [1.165, 1.54) is 7.11 Å². The molecular formula is C19H25N3O4S. The zero-order valence-electron chi connectivity index (χ0n) is 15.8. The molecule has 27 heavy (non-hydrogen) atoms. The SMILES string of the molecule is COc1cccc(NS(=O)(=O)CC(C)C(=O)N(C)CCc2ccncc2)c1. The zero-order chi connectivity index (χ0) is 19.9. The zero-order valence-corrected chi connectivity index (χ0v) is 16.6. The minimum Gasteiger partial charge on any atom is -0.497 e. The van der Waals surface area contributed by atoms with E-state index in [0.717, 1.165) is 5.56 Å². The summed E-state index contributed by atoms with van der Waals surface area (Å²) in [4.78, 5) is 18.0. The van der Waals surface area contributed by atoms with Gasteiger partial charge in [0.2, 0.25) is 15.9 Å². The lowest BCUT2D eigenvalue weighted by atomic mass is 10.1. The lowest BCUT2D eigenvalue weighted by molar-refractivity contribution is -0.132. The fourth-order valence-electron chi connectivity index (χ4n) is 2.64. The summed E-state index contributed by atoms with van der Waals surface area (Å²) >= 11 is 0. The first kappa shape index (κ1) is 20.7. The second kappa shape index (κ2) is 9.36. The minimum absolute atomic E-state index is 0.208. The molecule has 0 saturated carbocycles. The Morgan fingerprint density at radius 1 is 1.26 bits per heavy atom. The molecule has 8 heteroatoms. The highest BCUT2D eigenvalue weighted by Crippen LogP contribution is 2.18. The summed E-state index contributed by atoms with van der Waals surface area (Å²) in [6.07, 6.45) is 4.10. The van der Waals surface area contributed by atoms with Gasteiger partial charge >= 0.3 is 0 Å². The predicted molar refractivity (Wildman–Crippen MR) is 105 cm³/mol. The quantitative estimate of drug-likeness (QED) is 0.708. The van der Waals surface area contributed by atoms with E-state index in [0.29, 0.717) is 24.4 Å². The van der Waals surface area contributed by atoms with Crippen LogP contribution in [-0.2, 0) is 21.2 Å². The highest BCUT2D eigenvalue weighted by atomic mass is 32.2. The van der Waals surface area contributed by atoms with Crippen molar-refractivity contribution < 1.29 is 17.9 Å². The van der Waals surface area contributed by atoms with Crippen molar-refractivity contribution >= 4 is 21.6 Å². The highest BCUT2D eigenvalue weighted by molar-refractivity contribution is 7.92. The molecule has 7 nitrogen and oxygen atoms in total. The van der Waals surface area contributed by atoms with Crippen molar-refractivity contribution in [1.29, 1.82) is 0 Å². The number of pyridine rings is 1. The Hall–Kier alpha value is -2.61. The van der Waals surface area contributed by atoms with E-state index in [1.807, 2.05) is 12.1 Å². The van der Waals surface area contributed by atoms with Gasteiger partial charge in [-0.05, 0) is 36.2 Å². The molecule has 0 aliphatic heterocycles. The van der Waals surface area contributed by atoms with Crippen molar-refractivity contribution in [2.24, 2.45) is 5.92 Å². The molecule has 0 fully saturated rings. The average molecular weight is 391 g/mol. The number of likely N-dealkylation sites (N-methyl/N-ethyl adjacent to an activating group) is 1. The number of benzene rings is 1. The van der Waals surface area contributed by atoms with Gasteiger partial charge in [0.25, 0.3) is 0 Å². The van der Waals surface area contributed by atoms with Crippen molar-refractivity contribution in [3.63, 3.8) is 0 Å². The summed E-state index contributed by atoms with van der Waals surface area (Å²) in [5, 5.41) is 0. The van der Waals surface area contributed by atoms with Crippen LogP contribution in [-0.4, -0.2) is 50.7 Å². The van der Waals surface area contributed by atoms with Crippen LogP contribution in [0.25, 0.3) is 0 Å². The van der Waals surface area contributed by atoms with Gasteiger partial charge in [0.1, 0.15) is 5.75 Å².